The van der Waals surface area contributed by atoms with Crippen LogP contribution in [0.15, 0.2) is 36.8 Å². The van der Waals surface area contributed by atoms with Crippen molar-refractivity contribution in [2.75, 3.05) is 13.7 Å². The van der Waals surface area contributed by atoms with Crippen LogP contribution in [0, 0.1) is 0 Å². The van der Waals surface area contributed by atoms with Crippen molar-refractivity contribution in [1.29, 1.82) is 0 Å². The van der Waals surface area contributed by atoms with E-state index < -0.39 is 0 Å². The van der Waals surface area contributed by atoms with Gasteiger partial charge in [-0.3, -0.25) is 0 Å². The zero-order chi connectivity index (χ0) is 14.2. The molecule has 2 rings (SSSR count). The van der Waals surface area contributed by atoms with E-state index in [-0.39, 0.29) is 0 Å². The summed E-state index contributed by atoms with van der Waals surface area (Å²) in [5, 5.41) is 3.54. The second-order valence-corrected chi connectivity index (χ2v) is 5.07. The van der Waals surface area contributed by atoms with Crippen molar-refractivity contribution in [2.45, 2.75) is 32.2 Å². The highest BCUT2D eigenvalue weighted by molar-refractivity contribution is 5.27. The molecule has 4 nitrogen and oxygen atoms in total. The molecule has 0 saturated heterocycles. The minimum atomic E-state index is 0.514. The fraction of sp³-hybridized carbons (Fsp3) is 0.438. The van der Waals surface area contributed by atoms with Crippen LogP contribution in [0.25, 0.3) is 0 Å². The van der Waals surface area contributed by atoms with Crippen LogP contribution < -0.4 is 10.1 Å². The van der Waals surface area contributed by atoms with E-state index in [1.54, 1.807) is 13.4 Å². The van der Waals surface area contributed by atoms with E-state index in [0.29, 0.717) is 6.04 Å². The summed E-state index contributed by atoms with van der Waals surface area (Å²) < 4.78 is 5.16. The second kappa shape index (κ2) is 7.70. The summed E-state index contributed by atoms with van der Waals surface area (Å²) in [7, 11) is 1.70. The Balaban J connectivity index is 1.65. The number of hydrogen-bond acceptors (Lipinski definition) is 3. The van der Waals surface area contributed by atoms with Crippen LogP contribution >= 0.6 is 0 Å². The van der Waals surface area contributed by atoms with E-state index in [4.69, 9.17) is 4.74 Å². The van der Waals surface area contributed by atoms with Crippen molar-refractivity contribution in [3.05, 3.63) is 48.0 Å². The van der Waals surface area contributed by atoms with Gasteiger partial charge in [0.15, 0.2) is 0 Å². The number of hydrogen-bond donors (Lipinski definition) is 2. The van der Waals surface area contributed by atoms with Crippen molar-refractivity contribution in [2.24, 2.45) is 0 Å². The molecule has 0 bridgehead atoms. The molecule has 1 atom stereocenters. The standard InChI is InChI=1S/C16H23N3O/c1-13(18-10-9-15-11-17-12-19-15)3-4-14-5-7-16(20-2)8-6-14/h5-8,11-13,18H,3-4,9-10H2,1-2H3,(H,17,19). The third kappa shape index (κ3) is 4.70. The lowest BCUT2D eigenvalue weighted by Crippen LogP contribution is -2.28. The maximum absolute atomic E-state index is 5.16. The highest BCUT2D eigenvalue weighted by Crippen LogP contribution is 2.13. The van der Waals surface area contributed by atoms with Crippen molar-refractivity contribution in [1.82, 2.24) is 15.3 Å². The summed E-state index contributed by atoms with van der Waals surface area (Å²) in [5.41, 5.74) is 2.54. The molecule has 0 aliphatic rings. The van der Waals surface area contributed by atoms with Gasteiger partial charge in [0, 0.05) is 30.9 Å². The molecule has 4 heteroatoms. The average molecular weight is 273 g/mol. The molecule has 0 radical (unpaired) electrons. The van der Waals surface area contributed by atoms with E-state index in [2.05, 4.69) is 34.3 Å². The number of methoxy groups -OCH3 is 1. The van der Waals surface area contributed by atoms with E-state index in [9.17, 15) is 0 Å². The van der Waals surface area contributed by atoms with Gasteiger partial charge in [0.2, 0.25) is 0 Å². The molecule has 20 heavy (non-hydrogen) atoms. The lowest BCUT2D eigenvalue weighted by atomic mass is 10.1. The minimum absolute atomic E-state index is 0.514. The smallest absolute Gasteiger partial charge is 0.118 e. The third-order valence-corrected chi connectivity index (χ3v) is 3.47. The van der Waals surface area contributed by atoms with Gasteiger partial charge in [-0.25, -0.2) is 4.98 Å². The molecule has 1 aromatic carbocycles. The fourth-order valence-electron chi connectivity index (χ4n) is 2.15. The maximum atomic E-state index is 5.16. The number of benzene rings is 1. The highest BCUT2D eigenvalue weighted by Gasteiger charge is 2.03. The quantitative estimate of drug-likeness (QED) is 0.777. The Morgan fingerprint density at radius 2 is 2.05 bits per heavy atom. The number of imidazole rings is 1. The lowest BCUT2D eigenvalue weighted by Gasteiger charge is -2.13. The van der Waals surface area contributed by atoms with Gasteiger partial charge in [0.25, 0.3) is 0 Å². The largest absolute Gasteiger partial charge is 0.497 e. The molecule has 1 heterocycles. The zero-order valence-electron chi connectivity index (χ0n) is 12.2. The molecule has 0 fully saturated rings. The summed E-state index contributed by atoms with van der Waals surface area (Å²) in [4.78, 5) is 7.13. The first-order chi connectivity index (χ1) is 9.78. The molecule has 0 amide bonds. The summed E-state index contributed by atoms with van der Waals surface area (Å²) in [5.74, 6) is 0.916. The van der Waals surface area contributed by atoms with Gasteiger partial charge in [0.1, 0.15) is 5.75 Å². The van der Waals surface area contributed by atoms with Crippen LogP contribution in [0.2, 0.25) is 0 Å². The average Bonchev–Trinajstić information content (AvgIpc) is 2.99. The van der Waals surface area contributed by atoms with Gasteiger partial charge >= 0.3 is 0 Å². The van der Waals surface area contributed by atoms with Gasteiger partial charge in [-0.05, 0) is 37.5 Å². The molecular formula is C16H23N3O. The molecule has 2 aromatic rings. The minimum Gasteiger partial charge on any atom is -0.497 e. The van der Waals surface area contributed by atoms with E-state index >= 15 is 0 Å². The molecule has 0 saturated carbocycles. The fourth-order valence-corrected chi connectivity index (χ4v) is 2.15. The Labute approximate surface area is 120 Å². The van der Waals surface area contributed by atoms with E-state index in [1.807, 2.05) is 18.3 Å². The number of aryl methyl sites for hydroxylation is 1. The number of ether oxygens (including phenoxy) is 1. The normalized spacial score (nSPS) is 12.3. The first-order valence-corrected chi connectivity index (χ1v) is 7.11. The van der Waals surface area contributed by atoms with Gasteiger partial charge in [-0.15, -0.1) is 0 Å². The van der Waals surface area contributed by atoms with Crippen LogP contribution in [-0.4, -0.2) is 29.7 Å². The topological polar surface area (TPSA) is 49.9 Å². The number of aromatic amines is 1. The third-order valence-electron chi connectivity index (χ3n) is 3.47. The Hall–Kier alpha value is -1.81. The van der Waals surface area contributed by atoms with Crippen molar-refractivity contribution in [3.63, 3.8) is 0 Å². The van der Waals surface area contributed by atoms with Crippen LogP contribution in [-0.2, 0) is 12.8 Å². The first kappa shape index (κ1) is 14.6. The number of nitrogens with one attached hydrogen (secondary N) is 2. The molecule has 1 unspecified atom stereocenters. The van der Waals surface area contributed by atoms with Crippen LogP contribution in [0.1, 0.15) is 24.6 Å². The molecular weight excluding hydrogens is 250 g/mol. The Bertz CT molecular complexity index is 479. The first-order valence-electron chi connectivity index (χ1n) is 7.11. The highest BCUT2D eigenvalue weighted by atomic mass is 16.5. The summed E-state index contributed by atoms with van der Waals surface area (Å²) in [6, 6.07) is 8.82. The molecule has 0 aliphatic heterocycles. The summed E-state index contributed by atoms with van der Waals surface area (Å²) >= 11 is 0. The lowest BCUT2D eigenvalue weighted by molar-refractivity contribution is 0.414. The second-order valence-electron chi connectivity index (χ2n) is 5.07. The Kier molecular flexibility index (Phi) is 5.62. The van der Waals surface area contributed by atoms with Gasteiger partial charge < -0.3 is 15.0 Å². The monoisotopic (exact) mass is 273 g/mol. The van der Waals surface area contributed by atoms with Crippen LogP contribution in [0.3, 0.4) is 0 Å². The Morgan fingerprint density at radius 3 is 2.70 bits per heavy atom. The van der Waals surface area contributed by atoms with Crippen LogP contribution in [0.5, 0.6) is 5.75 Å². The van der Waals surface area contributed by atoms with E-state index in [1.165, 1.54) is 11.3 Å². The van der Waals surface area contributed by atoms with E-state index in [0.717, 1.165) is 31.6 Å². The Morgan fingerprint density at radius 1 is 1.25 bits per heavy atom. The predicted octanol–water partition coefficient (Wildman–Crippen LogP) is 2.57. The summed E-state index contributed by atoms with van der Waals surface area (Å²) in [6.07, 6.45) is 6.82. The molecule has 1 aromatic heterocycles. The number of nitrogens with zero attached hydrogens (tertiary/aromatic N) is 1. The van der Waals surface area contributed by atoms with Crippen molar-refractivity contribution in [3.8, 4) is 5.75 Å². The number of rotatable bonds is 8. The number of aromatic nitrogens is 2. The SMILES string of the molecule is COc1ccc(CCC(C)NCCc2cnc[nH]2)cc1. The molecule has 0 aliphatic carbocycles. The molecule has 108 valence electrons. The molecule has 0 spiro atoms. The van der Waals surface area contributed by atoms with Gasteiger partial charge in [-0.2, -0.15) is 0 Å². The number of H-pyrrole nitrogens is 1. The van der Waals surface area contributed by atoms with Crippen molar-refractivity contribution < 1.29 is 4.74 Å². The predicted molar refractivity (Wildman–Crippen MR) is 81.1 cm³/mol. The van der Waals surface area contributed by atoms with Crippen molar-refractivity contribution >= 4 is 0 Å². The maximum Gasteiger partial charge on any atom is 0.118 e. The molecule has 2 N–H and O–H groups in total. The van der Waals surface area contributed by atoms with Gasteiger partial charge in [-0.1, -0.05) is 12.1 Å². The summed E-state index contributed by atoms with van der Waals surface area (Å²) in [6.45, 7) is 3.21. The van der Waals surface area contributed by atoms with Crippen LogP contribution in [0.4, 0.5) is 0 Å². The van der Waals surface area contributed by atoms with Gasteiger partial charge in [0.05, 0.1) is 13.4 Å². The zero-order valence-corrected chi connectivity index (χ0v) is 12.2.